The molecule has 1 saturated heterocycles. The van der Waals surface area contributed by atoms with E-state index in [4.69, 9.17) is 5.11 Å². The summed E-state index contributed by atoms with van der Waals surface area (Å²) in [7, 11) is 0. The van der Waals surface area contributed by atoms with Crippen LogP contribution >= 0.6 is 11.9 Å². The Hall–Kier alpha value is -1.53. The first kappa shape index (κ1) is 17.8. The van der Waals surface area contributed by atoms with Crippen molar-refractivity contribution in [1.29, 1.82) is 0 Å². The van der Waals surface area contributed by atoms with Crippen LogP contribution in [0.25, 0.3) is 0 Å². The molecule has 1 aliphatic rings. The molecule has 1 N–H and O–H groups in total. The third-order valence-corrected chi connectivity index (χ3v) is 5.55. The van der Waals surface area contributed by atoms with Crippen LogP contribution in [0, 0.1) is 6.92 Å². The predicted molar refractivity (Wildman–Crippen MR) is 91.4 cm³/mol. The molecule has 1 aromatic rings. The number of nitrogens with zero attached hydrogens (tertiary/aromatic N) is 2. The second-order valence-corrected chi connectivity index (χ2v) is 7.31. The highest BCUT2D eigenvalue weighted by Gasteiger charge is 2.31. The van der Waals surface area contributed by atoms with Gasteiger partial charge in [-0.05, 0) is 56.0 Å². The maximum atomic E-state index is 11.6. The van der Waals surface area contributed by atoms with Crippen molar-refractivity contribution in [2.75, 3.05) is 13.1 Å². The molecule has 1 amide bonds. The predicted octanol–water partition coefficient (Wildman–Crippen LogP) is 2.57. The van der Waals surface area contributed by atoms with Crippen molar-refractivity contribution in [2.45, 2.75) is 51.1 Å². The lowest BCUT2D eigenvalue weighted by Gasteiger charge is -2.43. The van der Waals surface area contributed by atoms with E-state index in [-0.39, 0.29) is 24.4 Å². The van der Waals surface area contributed by atoms with Gasteiger partial charge in [0.2, 0.25) is 5.91 Å². The summed E-state index contributed by atoms with van der Waals surface area (Å²) in [6.45, 7) is 9.22. The van der Waals surface area contributed by atoms with E-state index < -0.39 is 5.97 Å². The van der Waals surface area contributed by atoms with Gasteiger partial charge in [-0.15, -0.1) is 0 Å². The molecule has 1 unspecified atom stereocenters. The first-order valence-electron chi connectivity index (χ1n) is 7.81. The lowest BCUT2D eigenvalue weighted by atomic mass is 10.1. The normalized spacial score (nSPS) is 22.2. The standard InChI is InChI=1S/C17H24N2O3S/c1-11-5-6-16(7-15(11)8-17(21)22)23-19-12(2)9-18(14(4)20)10-13(19)3/h5-7,12-13H,8-10H2,1-4H3,(H,21,22)/t12-,13?/m0/s1. The van der Waals surface area contributed by atoms with Crippen LogP contribution in [-0.2, 0) is 16.0 Å². The molecule has 1 heterocycles. The summed E-state index contributed by atoms with van der Waals surface area (Å²) in [5, 5.41) is 9.01. The molecule has 0 saturated carbocycles. The largest absolute Gasteiger partial charge is 0.481 e. The molecule has 5 nitrogen and oxygen atoms in total. The van der Waals surface area contributed by atoms with Crippen molar-refractivity contribution in [1.82, 2.24) is 9.21 Å². The number of carbonyl (C=O) groups excluding carboxylic acids is 1. The summed E-state index contributed by atoms with van der Waals surface area (Å²) >= 11 is 1.65. The highest BCUT2D eigenvalue weighted by Crippen LogP contribution is 2.31. The molecule has 0 radical (unpaired) electrons. The molecular weight excluding hydrogens is 312 g/mol. The summed E-state index contributed by atoms with van der Waals surface area (Å²) in [4.78, 5) is 25.5. The van der Waals surface area contributed by atoms with Crippen LogP contribution in [0.5, 0.6) is 0 Å². The molecule has 0 aliphatic carbocycles. The van der Waals surface area contributed by atoms with Gasteiger partial charge in [-0.3, -0.25) is 9.59 Å². The zero-order valence-electron chi connectivity index (χ0n) is 14.1. The molecule has 2 atom stereocenters. The Morgan fingerprint density at radius 3 is 2.39 bits per heavy atom. The number of aryl methyl sites for hydroxylation is 1. The number of aliphatic carboxylic acids is 1. The van der Waals surface area contributed by atoms with Crippen LogP contribution in [0.3, 0.4) is 0 Å². The molecule has 1 fully saturated rings. The SMILES string of the molecule is CC(=O)N1CC(C)N(Sc2ccc(C)c(CC(=O)O)c2)[C@@H](C)C1. The van der Waals surface area contributed by atoms with Gasteiger partial charge in [0.25, 0.3) is 0 Å². The fourth-order valence-electron chi connectivity index (χ4n) is 2.92. The Morgan fingerprint density at radius 2 is 1.87 bits per heavy atom. The van der Waals surface area contributed by atoms with Crippen molar-refractivity contribution in [3.63, 3.8) is 0 Å². The number of hydrogen-bond acceptors (Lipinski definition) is 4. The van der Waals surface area contributed by atoms with E-state index in [9.17, 15) is 9.59 Å². The molecule has 23 heavy (non-hydrogen) atoms. The van der Waals surface area contributed by atoms with E-state index in [1.54, 1.807) is 18.9 Å². The third kappa shape index (κ3) is 4.48. The number of benzene rings is 1. The van der Waals surface area contributed by atoms with Crippen molar-refractivity contribution in [2.24, 2.45) is 0 Å². The first-order valence-corrected chi connectivity index (χ1v) is 8.58. The highest BCUT2D eigenvalue weighted by molar-refractivity contribution is 7.97. The van der Waals surface area contributed by atoms with Crippen LogP contribution in [0.15, 0.2) is 23.1 Å². The quantitative estimate of drug-likeness (QED) is 0.856. The monoisotopic (exact) mass is 336 g/mol. The molecule has 1 aliphatic heterocycles. The Morgan fingerprint density at radius 1 is 1.26 bits per heavy atom. The summed E-state index contributed by atoms with van der Waals surface area (Å²) in [5.41, 5.74) is 1.85. The highest BCUT2D eigenvalue weighted by atomic mass is 32.2. The van der Waals surface area contributed by atoms with Crippen molar-refractivity contribution < 1.29 is 14.7 Å². The number of carboxylic acid groups (broad SMARTS) is 1. The Labute approximate surface area is 141 Å². The number of carboxylic acids is 1. The van der Waals surface area contributed by atoms with Gasteiger partial charge in [-0.25, -0.2) is 4.31 Å². The lowest BCUT2D eigenvalue weighted by molar-refractivity contribution is -0.136. The lowest BCUT2D eigenvalue weighted by Crippen LogP contribution is -2.54. The summed E-state index contributed by atoms with van der Waals surface area (Å²) in [5.74, 6) is -0.695. The van der Waals surface area contributed by atoms with E-state index in [1.807, 2.05) is 30.0 Å². The topological polar surface area (TPSA) is 60.9 Å². The molecule has 6 heteroatoms. The number of hydrogen-bond donors (Lipinski definition) is 1. The second-order valence-electron chi connectivity index (χ2n) is 6.23. The summed E-state index contributed by atoms with van der Waals surface area (Å²) in [6, 6.07) is 6.46. The Kier molecular flexibility index (Phi) is 5.70. The van der Waals surface area contributed by atoms with E-state index in [0.29, 0.717) is 0 Å². The van der Waals surface area contributed by atoms with Gasteiger partial charge in [-0.2, -0.15) is 0 Å². The van der Waals surface area contributed by atoms with Gasteiger partial charge in [0.1, 0.15) is 0 Å². The van der Waals surface area contributed by atoms with Gasteiger partial charge < -0.3 is 10.0 Å². The van der Waals surface area contributed by atoms with Crippen LogP contribution < -0.4 is 0 Å². The van der Waals surface area contributed by atoms with Crippen molar-refractivity contribution >= 4 is 23.8 Å². The van der Waals surface area contributed by atoms with Crippen LogP contribution in [0.2, 0.25) is 0 Å². The molecule has 2 rings (SSSR count). The van der Waals surface area contributed by atoms with E-state index in [0.717, 1.165) is 29.1 Å². The van der Waals surface area contributed by atoms with Gasteiger partial charge in [-0.1, -0.05) is 6.07 Å². The Bertz CT molecular complexity index is 594. The number of rotatable bonds is 4. The second kappa shape index (κ2) is 7.36. The van der Waals surface area contributed by atoms with E-state index in [1.165, 1.54) is 0 Å². The fraction of sp³-hybridized carbons (Fsp3) is 0.529. The molecule has 0 aromatic heterocycles. The maximum absolute atomic E-state index is 11.6. The molecule has 1 aromatic carbocycles. The molecular formula is C17H24N2O3S. The van der Waals surface area contributed by atoms with Crippen molar-refractivity contribution in [3.05, 3.63) is 29.3 Å². The van der Waals surface area contributed by atoms with Gasteiger partial charge >= 0.3 is 5.97 Å². The molecule has 0 bridgehead atoms. The summed E-state index contributed by atoms with van der Waals surface area (Å²) < 4.78 is 2.30. The average molecular weight is 336 g/mol. The zero-order valence-corrected chi connectivity index (χ0v) is 14.9. The first-order chi connectivity index (χ1) is 10.8. The maximum Gasteiger partial charge on any atom is 0.307 e. The van der Waals surface area contributed by atoms with E-state index >= 15 is 0 Å². The zero-order chi connectivity index (χ0) is 17.1. The van der Waals surface area contributed by atoms with Gasteiger partial charge in [0, 0.05) is 37.0 Å². The van der Waals surface area contributed by atoms with E-state index in [2.05, 4.69) is 18.2 Å². The van der Waals surface area contributed by atoms with Crippen molar-refractivity contribution in [3.8, 4) is 0 Å². The molecule has 0 spiro atoms. The van der Waals surface area contributed by atoms with Gasteiger partial charge in [0.15, 0.2) is 0 Å². The minimum atomic E-state index is -0.813. The van der Waals surface area contributed by atoms with Gasteiger partial charge in [0.05, 0.1) is 6.42 Å². The minimum Gasteiger partial charge on any atom is -0.481 e. The number of amides is 1. The average Bonchev–Trinajstić information content (AvgIpc) is 2.45. The smallest absolute Gasteiger partial charge is 0.307 e. The summed E-state index contributed by atoms with van der Waals surface area (Å²) in [6.07, 6.45) is 0.0451. The Balaban J connectivity index is 2.12. The van der Waals surface area contributed by atoms with Crippen LogP contribution in [0.1, 0.15) is 31.9 Å². The number of carbonyl (C=O) groups is 2. The van der Waals surface area contributed by atoms with Crippen LogP contribution in [0.4, 0.5) is 0 Å². The molecule has 126 valence electrons. The van der Waals surface area contributed by atoms with Crippen LogP contribution in [-0.4, -0.2) is 51.4 Å². The number of piperazine rings is 1. The fourth-order valence-corrected chi connectivity index (χ4v) is 3.99. The third-order valence-electron chi connectivity index (χ3n) is 4.16. The minimum absolute atomic E-state index is 0.0451.